The van der Waals surface area contributed by atoms with E-state index in [1.165, 1.54) is 11.1 Å². The Kier molecular flexibility index (Phi) is 7.08. The van der Waals surface area contributed by atoms with Crippen LogP contribution in [0.4, 0.5) is 0 Å². The molecule has 1 atom stereocenters. The van der Waals surface area contributed by atoms with E-state index >= 15 is 0 Å². The van der Waals surface area contributed by atoms with Crippen molar-refractivity contribution >= 4 is 0 Å². The summed E-state index contributed by atoms with van der Waals surface area (Å²) in [5.74, 6) is 2.12. The average molecular weight is 277 g/mol. The molecule has 0 aliphatic carbocycles. The lowest BCUT2D eigenvalue weighted by Gasteiger charge is -2.24. The van der Waals surface area contributed by atoms with Crippen LogP contribution in [0.15, 0.2) is 18.2 Å². The van der Waals surface area contributed by atoms with Crippen molar-refractivity contribution in [1.29, 1.82) is 0 Å². The highest BCUT2D eigenvalue weighted by Crippen LogP contribution is 2.27. The normalized spacial score (nSPS) is 13.0. The third-order valence-corrected chi connectivity index (χ3v) is 3.67. The molecule has 0 saturated heterocycles. The molecule has 0 radical (unpaired) electrons. The van der Waals surface area contributed by atoms with Crippen LogP contribution >= 0.6 is 0 Å². The van der Waals surface area contributed by atoms with E-state index in [-0.39, 0.29) is 0 Å². The van der Waals surface area contributed by atoms with Crippen LogP contribution in [0.25, 0.3) is 0 Å². The third kappa shape index (κ3) is 5.16. The van der Waals surface area contributed by atoms with Crippen molar-refractivity contribution in [2.24, 2.45) is 5.92 Å². The van der Waals surface area contributed by atoms with Gasteiger partial charge in [0.1, 0.15) is 12.4 Å². The summed E-state index contributed by atoms with van der Waals surface area (Å²) in [7, 11) is 0. The van der Waals surface area contributed by atoms with Crippen LogP contribution in [-0.4, -0.2) is 19.2 Å². The molecular formula is C18H31NO. The molecule has 0 aliphatic heterocycles. The van der Waals surface area contributed by atoms with E-state index in [0.29, 0.717) is 17.9 Å². The molecule has 0 aromatic heterocycles. The Morgan fingerprint density at radius 3 is 2.40 bits per heavy atom. The summed E-state index contributed by atoms with van der Waals surface area (Å²) in [4.78, 5) is 0. The molecule has 2 nitrogen and oxygen atoms in total. The van der Waals surface area contributed by atoms with E-state index < -0.39 is 0 Å². The molecule has 0 aliphatic rings. The maximum Gasteiger partial charge on any atom is 0.123 e. The minimum absolute atomic E-state index is 0.412. The van der Waals surface area contributed by atoms with Gasteiger partial charge in [0.2, 0.25) is 0 Å². The first-order valence-corrected chi connectivity index (χ1v) is 7.92. The average Bonchev–Trinajstić information content (AvgIpc) is 2.38. The summed E-state index contributed by atoms with van der Waals surface area (Å²) in [5.41, 5.74) is 2.56. The first-order valence-electron chi connectivity index (χ1n) is 7.92. The molecule has 20 heavy (non-hydrogen) atoms. The highest BCUT2D eigenvalue weighted by molar-refractivity contribution is 5.39. The van der Waals surface area contributed by atoms with Gasteiger partial charge < -0.3 is 10.1 Å². The highest BCUT2D eigenvalue weighted by Gasteiger charge is 2.15. The van der Waals surface area contributed by atoms with Gasteiger partial charge in [-0.05, 0) is 48.9 Å². The Hall–Kier alpha value is -1.02. The summed E-state index contributed by atoms with van der Waals surface area (Å²) < 4.78 is 6.14. The van der Waals surface area contributed by atoms with Crippen LogP contribution in [-0.2, 0) is 0 Å². The van der Waals surface area contributed by atoms with Crippen LogP contribution in [0.2, 0.25) is 0 Å². The zero-order valence-electron chi connectivity index (χ0n) is 14.0. The van der Waals surface area contributed by atoms with Crippen LogP contribution in [0.3, 0.4) is 0 Å². The quantitative estimate of drug-likeness (QED) is 0.754. The number of aryl methyl sites for hydroxylation is 1. The van der Waals surface area contributed by atoms with Crippen molar-refractivity contribution in [2.75, 3.05) is 13.2 Å². The second-order valence-corrected chi connectivity index (χ2v) is 6.31. The summed E-state index contributed by atoms with van der Waals surface area (Å²) >= 11 is 0. The fourth-order valence-corrected chi connectivity index (χ4v) is 2.24. The summed E-state index contributed by atoms with van der Waals surface area (Å²) in [6.07, 6.45) is 1.16. The van der Waals surface area contributed by atoms with Crippen LogP contribution in [0.5, 0.6) is 5.75 Å². The van der Waals surface area contributed by atoms with Crippen LogP contribution < -0.4 is 10.1 Å². The van der Waals surface area contributed by atoms with Gasteiger partial charge in [0.05, 0.1) is 0 Å². The molecule has 0 saturated carbocycles. The summed E-state index contributed by atoms with van der Waals surface area (Å²) in [5, 5.41) is 3.58. The van der Waals surface area contributed by atoms with Gasteiger partial charge in [0.15, 0.2) is 0 Å². The van der Waals surface area contributed by atoms with Crippen molar-refractivity contribution in [2.45, 2.75) is 59.9 Å². The van der Waals surface area contributed by atoms with E-state index in [9.17, 15) is 0 Å². The molecule has 0 fully saturated rings. The zero-order valence-corrected chi connectivity index (χ0v) is 14.0. The molecular weight excluding hydrogens is 246 g/mol. The fraction of sp³-hybridized carbons (Fsp3) is 0.667. The van der Waals surface area contributed by atoms with E-state index in [2.05, 4.69) is 65.1 Å². The second kappa shape index (κ2) is 8.31. The zero-order chi connectivity index (χ0) is 15.1. The molecule has 0 heterocycles. The molecule has 1 aromatic carbocycles. The largest absolute Gasteiger partial charge is 0.492 e. The summed E-state index contributed by atoms with van der Waals surface area (Å²) in [6.45, 7) is 15.0. The minimum Gasteiger partial charge on any atom is -0.492 e. The van der Waals surface area contributed by atoms with Gasteiger partial charge in [-0.1, -0.05) is 46.8 Å². The molecule has 1 aromatic rings. The number of hydrogen-bond acceptors (Lipinski definition) is 2. The number of rotatable bonds is 8. The smallest absolute Gasteiger partial charge is 0.123 e. The monoisotopic (exact) mass is 277 g/mol. The third-order valence-electron chi connectivity index (χ3n) is 3.67. The van der Waals surface area contributed by atoms with Gasteiger partial charge in [-0.3, -0.25) is 0 Å². The predicted molar refractivity (Wildman–Crippen MR) is 87.7 cm³/mol. The molecule has 1 unspecified atom stereocenters. The van der Waals surface area contributed by atoms with Crippen molar-refractivity contribution in [3.8, 4) is 5.75 Å². The van der Waals surface area contributed by atoms with Crippen LogP contribution in [0, 0.1) is 12.8 Å². The molecule has 114 valence electrons. The first-order chi connectivity index (χ1) is 9.45. The van der Waals surface area contributed by atoms with E-state index in [4.69, 9.17) is 4.74 Å². The lowest BCUT2D eigenvalue weighted by atomic mass is 10.0. The lowest BCUT2D eigenvalue weighted by Crippen LogP contribution is -2.39. The van der Waals surface area contributed by atoms with Crippen molar-refractivity contribution in [3.63, 3.8) is 0 Å². The topological polar surface area (TPSA) is 21.3 Å². The molecule has 0 bridgehead atoms. The highest BCUT2D eigenvalue weighted by atomic mass is 16.5. The van der Waals surface area contributed by atoms with Gasteiger partial charge in [0.25, 0.3) is 0 Å². The molecule has 2 heteroatoms. The number of hydrogen-bond donors (Lipinski definition) is 1. The Morgan fingerprint density at radius 2 is 1.85 bits per heavy atom. The Morgan fingerprint density at radius 1 is 1.15 bits per heavy atom. The Bertz CT molecular complexity index is 398. The van der Waals surface area contributed by atoms with Gasteiger partial charge >= 0.3 is 0 Å². The predicted octanol–water partition coefficient (Wildman–Crippen LogP) is 4.52. The van der Waals surface area contributed by atoms with Crippen molar-refractivity contribution in [1.82, 2.24) is 5.32 Å². The second-order valence-electron chi connectivity index (χ2n) is 6.31. The van der Waals surface area contributed by atoms with Crippen molar-refractivity contribution in [3.05, 3.63) is 29.3 Å². The Balaban J connectivity index is 2.73. The van der Waals surface area contributed by atoms with Gasteiger partial charge in [-0.25, -0.2) is 0 Å². The fourth-order valence-electron chi connectivity index (χ4n) is 2.24. The molecule has 1 N–H and O–H groups in total. The maximum absolute atomic E-state index is 6.14. The first kappa shape index (κ1) is 17.0. The van der Waals surface area contributed by atoms with Crippen molar-refractivity contribution < 1.29 is 4.74 Å². The molecule has 0 amide bonds. The number of benzene rings is 1. The minimum atomic E-state index is 0.412. The molecule has 0 spiro atoms. The number of ether oxygens (including phenoxy) is 1. The number of nitrogens with one attached hydrogen (secondary N) is 1. The van der Waals surface area contributed by atoms with Crippen LogP contribution in [0.1, 0.15) is 58.1 Å². The van der Waals surface area contributed by atoms with Gasteiger partial charge in [0, 0.05) is 6.04 Å². The van der Waals surface area contributed by atoms with E-state index in [1.54, 1.807) is 0 Å². The maximum atomic E-state index is 6.14. The SMILES string of the molecule is CCCNC(COc1cc(C)ccc1C(C)C)C(C)C. The molecule has 1 rings (SSSR count). The standard InChI is InChI=1S/C18H31NO/c1-7-10-19-17(14(4)5)12-20-18-11-15(6)8-9-16(18)13(2)3/h8-9,11,13-14,17,19H,7,10,12H2,1-6H3. The van der Waals surface area contributed by atoms with Gasteiger partial charge in [-0.2, -0.15) is 0 Å². The Labute approximate surface area is 124 Å². The summed E-state index contributed by atoms with van der Waals surface area (Å²) in [6, 6.07) is 6.93. The van der Waals surface area contributed by atoms with E-state index in [1.807, 2.05) is 0 Å². The van der Waals surface area contributed by atoms with E-state index in [0.717, 1.165) is 25.3 Å². The van der Waals surface area contributed by atoms with Gasteiger partial charge in [-0.15, -0.1) is 0 Å². The lowest BCUT2D eigenvalue weighted by molar-refractivity contribution is 0.228.